The van der Waals surface area contributed by atoms with Gasteiger partial charge in [0.2, 0.25) is 5.34 Å². The Bertz CT molecular complexity index is 483. The van der Waals surface area contributed by atoms with Crippen LogP contribution < -0.4 is 5.73 Å². The van der Waals surface area contributed by atoms with Crippen molar-refractivity contribution in [2.45, 2.75) is 32.0 Å². The maximum Gasteiger partial charge on any atom is 0.362 e. The second-order valence-corrected chi connectivity index (χ2v) is 6.64. The predicted molar refractivity (Wildman–Crippen MR) is 70.3 cm³/mol. The van der Waals surface area contributed by atoms with Crippen molar-refractivity contribution in [1.29, 1.82) is 0 Å². The summed E-state index contributed by atoms with van der Waals surface area (Å²) in [5.74, 6) is 0.0326. The van der Waals surface area contributed by atoms with Crippen LogP contribution in [-0.4, -0.2) is 21.4 Å². The number of nitrogens with two attached hydrogens (primary N) is 1. The first-order chi connectivity index (χ1) is 8.13. The van der Waals surface area contributed by atoms with E-state index in [-0.39, 0.29) is 11.5 Å². The molecule has 5 nitrogen and oxygen atoms in total. The van der Waals surface area contributed by atoms with Gasteiger partial charge in [0.05, 0.1) is 0 Å². The lowest BCUT2D eigenvalue weighted by atomic mass is 9.92. The minimum absolute atomic E-state index is 0.0326. The summed E-state index contributed by atoms with van der Waals surface area (Å²) in [6.07, 6.45) is 0. The summed E-state index contributed by atoms with van der Waals surface area (Å²) in [5, 5.41) is 7.97. The third kappa shape index (κ3) is 2.66. The maximum absolute atomic E-state index is 11.5. The molecule has 1 rings (SSSR count). The SMILES string of the molecule is Cc1ccc(C(C)C)c(C(O)(CN)P(=O)(O)O)c1. The van der Waals surface area contributed by atoms with Crippen LogP contribution in [0.1, 0.15) is 36.5 Å². The zero-order valence-corrected chi connectivity index (χ0v) is 11.7. The minimum Gasteiger partial charge on any atom is -0.372 e. The topological polar surface area (TPSA) is 104 Å². The van der Waals surface area contributed by atoms with Gasteiger partial charge in [0.25, 0.3) is 0 Å². The number of hydrogen-bond acceptors (Lipinski definition) is 3. The first-order valence-corrected chi connectivity index (χ1v) is 7.34. The molecule has 0 aliphatic heterocycles. The number of aliphatic hydroxyl groups is 1. The van der Waals surface area contributed by atoms with Crippen molar-refractivity contribution >= 4 is 7.60 Å². The van der Waals surface area contributed by atoms with E-state index in [1.165, 1.54) is 0 Å². The summed E-state index contributed by atoms with van der Waals surface area (Å²) in [7, 11) is -4.77. The third-order valence-corrected chi connectivity index (χ3v) is 4.42. The summed E-state index contributed by atoms with van der Waals surface area (Å²) in [5.41, 5.74) is 7.12. The van der Waals surface area contributed by atoms with E-state index in [1.807, 2.05) is 19.9 Å². The molecule has 0 radical (unpaired) electrons. The molecule has 1 unspecified atom stereocenters. The number of aryl methyl sites for hydroxylation is 1. The molecule has 0 bridgehead atoms. The van der Waals surface area contributed by atoms with Crippen LogP contribution in [0.4, 0.5) is 0 Å². The molecule has 0 heterocycles. The Balaban J connectivity index is 3.56. The summed E-state index contributed by atoms with van der Waals surface area (Å²) in [6, 6.07) is 5.20. The standard InChI is InChI=1S/C12H20NO4P/c1-8(2)10-5-4-9(3)6-11(10)12(14,7-13)18(15,16)17/h4-6,8,14H,7,13H2,1-3H3,(H2,15,16,17). The minimum atomic E-state index is -4.77. The van der Waals surface area contributed by atoms with Crippen molar-refractivity contribution < 1.29 is 19.5 Å². The summed E-state index contributed by atoms with van der Waals surface area (Å²) in [6.45, 7) is 5.06. The van der Waals surface area contributed by atoms with Crippen LogP contribution >= 0.6 is 7.60 Å². The molecular weight excluding hydrogens is 253 g/mol. The highest BCUT2D eigenvalue weighted by atomic mass is 31.2. The van der Waals surface area contributed by atoms with Gasteiger partial charge in [-0.25, -0.2) is 0 Å². The highest BCUT2D eigenvalue weighted by Crippen LogP contribution is 2.55. The normalized spacial score (nSPS) is 15.8. The Morgan fingerprint density at radius 2 is 1.94 bits per heavy atom. The highest BCUT2D eigenvalue weighted by Gasteiger charge is 2.47. The fraction of sp³-hybridized carbons (Fsp3) is 0.500. The van der Waals surface area contributed by atoms with Crippen LogP contribution in [0.2, 0.25) is 0 Å². The summed E-state index contributed by atoms with van der Waals surface area (Å²) in [4.78, 5) is 18.7. The Kier molecular flexibility index (Phi) is 4.36. The van der Waals surface area contributed by atoms with E-state index in [4.69, 9.17) is 5.73 Å². The van der Waals surface area contributed by atoms with Crippen LogP contribution in [0.5, 0.6) is 0 Å². The van der Waals surface area contributed by atoms with Crippen molar-refractivity contribution in [3.63, 3.8) is 0 Å². The Hall–Kier alpha value is -0.710. The third-order valence-electron chi connectivity index (χ3n) is 3.03. The van der Waals surface area contributed by atoms with E-state index in [0.717, 1.165) is 5.56 Å². The molecule has 0 fully saturated rings. The fourth-order valence-corrected chi connectivity index (χ4v) is 2.65. The highest BCUT2D eigenvalue weighted by molar-refractivity contribution is 7.52. The molecule has 1 aromatic rings. The monoisotopic (exact) mass is 273 g/mol. The predicted octanol–water partition coefficient (Wildman–Crippen LogP) is 1.40. The fourth-order valence-electron chi connectivity index (χ4n) is 1.91. The van der Waals surface area contributed by atoms with Crippen molar-refractivity contribution in [1.82, 2.24) is 0 Å². The van der Waals surface area contributed by atoms with Crippen LogP contribution in [0.15, 0.2) is 18.2 Å². The van der Waals surface area contributed by atoms with Gasteiger partial charge < -0.3 is 20.6 Å². The van der Waals surface area contributed by atoms with Gasteiger partial charge in [0.15, 0.2) is 0 Å². The van der Waals surface area contributed by atoms with Gasteiger partial charge >= 0.3 is 7.60 Å². The molecule has 0 saturated carbocycles. The van der Waals surface area contributed by atoms with Gasteiger partial charge in [0.1, 0.15) is 0 Å². The summed E-state index contributed by atoms with van der Waals surface area (Å²) >= 11 is 0. The zero-order valence-electron chi connectivity index (χ0n) is 10.8. The van der Waals surface area contributed by atoms with Crippen molar-refractivity contribution in [3.05, 3.63) is 34.9 Å². The molecular formula is C12H20NO4P. The van der Waals surface area contributed by atoms with Gasteiger partial charge in [-0.1, -0.05) is 37.6 Å². The Morgan fingerprint density at radius 1 is 1.39 bits per heavy atom. The lowest BCUT2D eigenvalue weighted by Crippen LogP contribution is -2.36. The second kappa shape index (κ2) is 5.11. The number of benzene rings is 1. The van der Waals surface area contributed by atoms with Gasteiger partial charge in [0, 0.05) is 12.1 Å². The van der Waals surface area contributed by atoms with Crippen LogP contribution in [0, 0.1) is 6.92 Å². The molecule has 0 aliphatic carbocycles. The average Bonchev–Trinajstić information content (AvgIpc) is 2.25. The lowest BCUT2D eigenvalue weighted by molar-refractivity contribution is 0.0965. The quantitative estimate of drug-likeness (QED) is 0.621. The molecule has 0 aliphatic rings. The van der Waals surface area contributed by atoms with Gasteiger partial charge in [-0.05, 0) is 18.4 Å². The lowest BCUT2D eigenvalue weighted by Gasteiger charge is -2.31. The molecule has 1 atom stereocenters. The van der Waals surface area contributed by atoms with Crippen molar-refractivity contribution in [3.8, 4) is 0 Å². The van der Waals surface area contributed by atoms with E-state index in [0.29, 0.717) is 5.56 Å². The average molecular weight is 273 g/mol. The van der Waals surface area contributed by atoms with Crippen LogP contribution in [0.25, 0.3) is 0 Å². The first-order valence-electron chi connectivity index (χ1n) is 5.72. The molecule has 0 saturated heterocycles. The number of hydrogen-bond donors (Lipinski definition) is 4. The van der Waals surface area contributed by atoms with Crippen LogP contribution in [0.3, 0.4) is 0 Å². The molecule has 102 valence electrons. The van der Waals surface area contributed by atoms with Crippen LogP contribution in [-0.2, 0) is 9.91 Å². The summed E-state index contributed by atoms with van der Waals surface area (Å²) < 4.78 is 11.5. The molecule has 0 aromatic heterocycles. The number of rotatable bonds is 4. The molecule has 1 aromatic carbocycles. The molecule has 18 heavy (non-hydrogen) atoms. The van der Waals surface area contributed by atoms with E-state index < -0.39 is 19.5 Å². The maximum atomic E-state index is 11.5. The van der Waals surface area contributed by atoms with Crippen molar-refractivity contribution in [2.24, 2.45) is 5.73 Å². The van der Waals surface area contributed by atoms with E-state index >= 15 is 0 Å². The zero-order chi connectivity index (χ0) is 14.1. The van der Waals surface area contributed by atoms with E-state index in [2.05, 4.69) is 0 Å². The van der Waals surface area contributed by atoms with E-state index in [9.17, 15) is 19.5 Å². The molecule has 6 heteroatoms. The largest absolute Gasteiger partial charge is 0.372 e. The molecule has 0 spiro atoms. The van der Waals surface area contributed by atoms with Gasteiger partial charge in [-0.3, -0.25) is 4.57 Å². The van der Waals surface area contributed by atoms with Gasteiger partial charge in [-0.15, -0.1) is 0 Å². The molecule has 5 N–H and O–H groups in total. The first kappa shape index (κ1) is 15.3. The Morgan fingerprint density at radius 3 is 2.33 bits per heavy atom. The van der Waals surface area contributed by atoms with E-state index in [1.54, 1.807) is 19.1 Å². The second-order valence-electron chi connectivity index (χ2n) is 4.81. The molecule has 0 amide bonds. The van der Waals surface area contributed by atoms with Gasteiger partial charge in [-0.2, -0.15) is 0 Å². The smallest absolute Gasteiger partial charge is 0.362 e. The Labute approximate surface area is 107 Å². The van der Waals surface area contributed by atoms with Crippen molar-refractivity contribution in [2.75, 3.05) is 6.54 Å².